The number of urea groups is 1. The fourth-order valence-corrected chi connectivity index (χ4v) is 5.18. The van der Waals surface area contributed by atoms with Crippen molar-refractivity contribution in [1.29, 1.82) is 0 Å². The van der Waals surface area contributed by atoms with Crippen molar-refractivity contribution in [2.75, 3.05) is 34.7 Å². The van der Waals surface area contributed by atoms with Gasteiger partial charge < -0.3 is 20.1 Å². The number of nitrogens with one attached hydrogen (secondary N) is 2. The minimum absolute atomic E-state index is 0.0848. The third-order valence-electron chi connectivity index (χ3n) is 6.51. The second kappa shape index (κ2) is 12.4. The van der Waals surface area contributed by atoms with Crippen LogP contribution in [0, 0.1) is 0 Å². The molecule has 10 nitrogen and oxygen atoms in total. The summed E-state index contributed by atoms with van der Waals surface area (Å²) in [5.41, 5.74) is 2.86. The smallest absolute Gasteiger partial charge is 0.330 e. The van der Waals surface area contributed by atoms with Crippen LogP contribution in [0.5, 0.6) is 11.5 Å². The number of methoxy groups -OCH3 is 2. The Bertz CT molecular complexity index is 1640. The number of benzene rings is 3. The summed E-state index contributed by atoms with van der Waals surface area (Å²) in [4.78, 5) is 38.3. The van der Waals surface area contributed by atoms with Crippen LogP contribution in [0.2, 0.25) is 10.0 Å². The molecule has 3 amide bonds. The topological polar surface area (TPSA) is 109 Å². The lowest BCUT2D eigenvalue weighted by Crippen LogP contribution is -2.47. The number of rotatable bonds is 9. The van der Waals surface area contributed by atoms with E-state index in [4.69, 9.17) is 37.7 Å². The molecule has 12 heteroatoms. The second-order valence-electron chi connectivity index (χ2n) is 9.10. The molecule has 2 N–H and O–H groups in total. The lowest BCUT2D eigenvalue weighted by molar-refractivity contribution is -0.111. The molecule has 0 atom stereocenters. The molecule has 0 bridgehead atoms. The average Bonchev–Trinajstić information content (AvgIpc) is 3.01. The van der Waals surface area contributed by atoms with Crippen molar-refractivity contribution in [3.8, 4) is 11.5 Å². The summed E-state index contributed by atoms with van der Waals surface area (Å²) in [5, 5.41) is 6.23. The van der Waals surface area contributed by atoms with Gasteiger partial charge in [0.15, 0.2) is 0 Å². The maximum absolute atomic E-state index is 14.2. The Kier molecular flexibility index (Phi) is 8.46. The molecule has 4 aromatic rings. The molecule has 2 heterocycles. The van der Waals surface area contributed by atoms with Gasteiger partial charge in [-0.15, -0.1) is 0 Å². The highest BCUT2D eigenvalue weighted by Gasteiger charge is 2.36. The molecule has 0 saturated heterocycles. The number of fused-ring (bicyclic) bond motifs is 1. The number of ether oxygens (including phenoxy) is 2. The first-order chi connectivity index (χ1) is 20.3. The van der Waals surface area contributed by atoms with Gasteiger partial charge in [-0.05, 0) is 23.8 Å². The summed E-state index contributed by atoms with van der Waals surface area (Å²) in [6.07, 6.45) is 2.81. The van der Waals surface area contributed by atoms with Gasteiger partial charge in [0, 0.05) is 17.8 Å². The minimum Gasteiger partial charge on any atom is -0.495 e. The zero-order valence-corrected chi connectivity index (χ0v) is 24.2. The van der Waals surface area contributed by atoms with Crippen LogP contribution < -0.4 is 29.9 Å². The number of halogens is 2. The molecule has 0 aliphatic carbocycles. The first kappa shape index (κ1) is 28.7. The van der Waals surface area contributed by atoms with Crippen molar-refractivity contribution in [2.24, 2.45) is 0 Å². The van der Waals surface area contributed by atoms with Gasteiger partial charge in [-0.3, -0.25) is 14.6 Å². The lowest BCUT2D eigenvalue weighted by Gasteiger charge is -2.37. The third kappa shape index (κ3) is 5.67. The lowest BCUT2D eigenvalue weighted by atomic mass is 10.1. The highest BCUT2D eigenvalue weighted by Crippen LogP contribution is 2.48. The van der Waals surface area contributed by atoms with Gasteiger partial charge in [-0.25, -0.2) is 9.78 Å². The number of carbonyl (C=O) groups excluding carboxylic acids is 2. The Labute approximate surface area is 252 Å². The zero-order chi connectivity index (χ0) is 29.8. The monoisotopic (exact) mass is 604 g/mol. The molecule has 0 radical (unpaired) electrons. The number of hydrogen-bond donors (Lipinski definition) is 2. The molecular weight excluding hydrogens is 579 g/mol. The number of para-hydroxylation sites is 2. The van der Waals surface area contributed by atoms with E-state index in [0.29, 0.717) is 34.3 Å². The molecule has 3 aromatic carbocycles. The summed E-state index contributed by atoms with van der Waals surface area (Å²) in [5.74, 6) is 0.889. The van der Waals surface area contributed by atoms with E-state index in [-0.39, 0.29) is 40.7 Å². The van der Waals surface area contributed by atoms with Crippen LogP contribution in [-0.4, -0.2) is 36.1 Å². The summed E-state index contributed by atoms with van der Waals surface area (Å²) >= 11 is 13.4. The minimum atomic E-state index is -0.409. The molecule has 0 spiro atoms. The van der Waals surface area contributed by atoms with Crippen LogP contribution in [0.15, 0.2) is 79.5 Å². The fourth-order valence-electron chi connectivity index (χ4n) is 4.48. The van der Waals surface area contributed by atoms with Crippen LogP contribution in [0.25, 0.3) is 0 Å². The maximum atomic E-state index is 14.2. The van der Waals surface area contributed by atoms with Crippen molar-refractivity contribution in [3.63, 3.8) is 0 Å². The highest BCUT2D eigenvalue weighted by atomic mass is 35.5. The number of anilines is 5. The van der Waals surface area contributed by atoms with Gasteiger partial charge >= 0.3 is 6.03 Å². The van der Waals surface area contributed by atoms with E-state index in [1.54, 1.807) is 30.5 Å². The zero-order valence-electron chi connectivity index (χ0n) is 22.7. The number of carbonyl (C=O) groups is 2. The van der Waals surface area contributed by atoms with Crippen LogP contribution in [0.1, 0.15) is 11.1 Å². The third-order valence-corrected chi connectivity index (χ3v) is 7.24. The normalized spacial score (nSPS) is 12.4. The van der Waals surface area contributed by atoms with E-state index < -0.39 is 6.03 Å². The van der Waals surface area contributed by atoms with E-state index in [9.17, 15) is 9.59 Å². The fraction of sp³-hybridized carbons (Fsp3) is 0.133. The predicted octanol–water partition coefficient (Wildman–Crippen LogP) is 6.82. The Hall–Kier alpha value is -4.80. The van der Waals surface area contributed by atoms with Crippen molar-refractivity contribution in [1.82, 2.24) is 9.97 Å². The first-order valence-electron chi connectivity index (χ1n) is 12.7. The number of aromatic nitrogens is 2. The number of nitrogens with zero attached hydrogens (tertiary/aromatic N) is 4. The van der Waals surface area contributed by atoms with Gasteiger partial charge in [0.1, 0.15) is 27.4 Å². The van der Waals surface area contributed by atoms with E-state index in [1.807, 2.05) is 36.4 Å². The molecule has 0 unspecified atom stereocenters. The van der Waals surface area contributed by atoms with E-state index in [2.05, 4.69) is 22.2 Å². The largest absolute Gasteiger partial charge is 0.495 e. The molecule has 214 valence electrons. The van der Waals surface area contributed by atoms with Crippen LogP contribution >= 0.6 is 23.2 Å². The second-order valence-corrected chi connectivity index (χ2v) is 9.86. The molecule has 0 fully saturated rings. The van der Waals surface area contributed by atoms with E-state index in [1.165, 1.54) is 30.1 Å². The van der Waals surface area contributed by atoms with Crippen LogP contribution in [-0.2, 0) is 17.9 Å². The van der Waals surface area contributed by atoms with Crippen LogP contribution in [0.4, 0.5) is 33.6 Å². The molecule has 5 rings (SSSR count). The number of amides is 3. The SMILES string of the molecule is C=CC(=O)Nc1ccccc1Nc1ncc2c(n1)N(Cc1ccccc1)C(=O)N(c1c(Cl)c(OC)cc(OC)c1Cl)C2. The average molecular weight is 605 g/mol. The molecule has 1 aliphatic rings. The summed E-state index contributed by atoms with van der Waals surface area (Å²) in [6, 6.07) is 17.8. The Morgan fingerprint density at radius 1 is 1.02 bits per heavy atom. The highest BCUT2D eigenvalue weighted by molar-refractivity contribution is 6.42. The van der Waals surface area contributed by atoms with Gasteiger partial charge in [0.2, 0.25) is 11.9 Å². The quantitative estimate of drug-likeness (QED) is 0.202. The molecule has 42 heavy (non-hydrogen) atoms. The summed E-state index contributed by atoms with van der Waals surface area (Å²) in [7, 11) is 2.94. The van der Waals surface area contributed by atoms with Crippen molar-refractivity contribution < 1.29 is 19.1 Å². The van der Waals surface area contributed by atoms with Gasteiger partial charge in [-0.2, -0.15) is 4.98 Å². The Morgan fingerprint density at radius 3 is 2.31 bits per heavy atom. The molecule has 1 aliphatic heterocycles. The van der Waals surface area contributed by atoms with Gasteiger partial charge in [0.05, 0.1) is 44.4 Å². The summed E-state index contributed by atoms with van der Waals surface area (Å²) < 4.78 is 10.9. The molecular formula is C30H26Cl2N6O4. The van der Waals surface area contributed by atoms with Crippen molar-refractivity contribution in [3.05, 3.63) is 101 Å². The molecule has 0 saturated carbocycles. The predicted molar refractivity (Wildman–Crippen MR) is 164 cm³/mol. The van der Waals surface area contributed by atoms with E-state index >= 15 is 0 Å². The van der Waals surface area contributed by atoms with Crippen molar-refractivity contribution >= 4 is 64.0 Å². The van der Waals surface area contributed by atoms with Crippen molar-refractivity contribution in [2.45, 2.75) is 13.1 Å². The first-order valence-corrected chi connectivity index (χ1v) is 13.5. The summed E-state index contributed by atoms with van der Waals surface area (Å²) in [6.45, 7) is 3.79. The van der Waals surface area contributed by atoms with Gasteiger partial charge in [-0.1, -0.05) is 72.2 Å². The van der Waals surface area contributed by atoms with E-state index in [0.717, 1.165) is 5.56 Å². The van der Waals surface area contributed by atoms with Gasteiger partial charge in [0.25, 0.3) is 0 Å². The molecule has 1 aromatic heterocycles. The van der Waals surface area contributed by atoms with Crippen LogP contribution in [0.3, 0.4) is 0 Å². The standard InChI is InChI=1S/C30H26Cl2N6O4/c1-4-24(39)34-20-12-8-9-13-21(20)35-29-33-15-19-17-37(27-25(31)22(41-2)14-23(42-3)26(27)32)30(40)38(28(19)36-29)16-18-10-6-5-7-11-18/h4-15H,1,16-17H2,2-3H3,(H,34,39)(H,33,35,36). The Balaban J connectivity index is 1.58. The Morgan fingerprint density at radius 2 is 1.67 bits per heavy atom. The number of hydrogen-bond acceptors (Lipinski definition) is 7. The maximum Gasteiger partial charge on any atom is 0.330 e.